The fourth-order valence-corrected chi connectivity index (χ4v) is 4.28. The second-order valence-corrected chi connectivity index (χ2v) is 9.36. The van der Waals surface area contributed by atoms with E-state index in [2.05, 4.69) is 5.32 Å². The van der Waals surface area contributed by atoms with Gasteiger partial charge in [-0.1, -0.05) is 72.4 Å². The van der Waals surface area contributed by atoms with Gasteiger partial charge < -0.3 is 10.4 Å². The molecular weight excluding hydrogens is 422 g/mol. The highest BCUT2D eigenvalue weighted by molar-refractivity contribution is 8.14. The first-order chi connectivity index (χ1) is 14.4. The average Bonchev–Trinajstić information content (AvgIpc) is 2.74. The quantitative estimate of drug-likeness (QED) is 0.549. The molecule has 8 heteroatoms. The summed E-state index contributed by atoms with van der Waals surface area (Å²) in [6.45, 7) is 0. The summed E-state index contributed by atoms with van der Waals surface area (Å²) in [5.74, 6) is -1.77. The molecule has 6 nitrogen and oxygen atoms in total. The lowest BCUT2D eigenvalue weighted by atomic mass is 9.99. The highest BCUT2D eigenvalue weighted by Gasteiger charge is 2.26. The monoisotopic (exact) mass is 447 g/mol. The van der Waals surface area contributed by atoms with Crippen LogP contribution in [-0.2, 0) is 26.8 Å². The van der Waals surface area contributed by atoms with Gasteiger partial charge in [0.05, 0.1) is 5.92 Å². The maximum absolute atomic E-state index is 12.9. The third kappa shape index (κ3) is 8.12. The average molecular weight is 448 g/mol. The van der Waals surface area contributed by atoms with Crippen LogP contribution in [0.2, 0.25) is 0 Å². The molecule has 3 atom stereocenters. The Morgan fingerprint density at radius 3 is 2.20 bits per heavy atom. The second kappa shape index (κ2) is 12.3. The van der Waals surface area contributed by atoms with Crippen LogP contribution in [0.1, 0.15) is 22.3 Å². The van der Waals surface area contributed by atoms with Gasteiger partial charge in [-0.05, 0) is 18.4 Å². The Morgan fingerprint density at radius 1 is 1.03 bits per heavy atom. The summed E-state index contributed by atoms with van der Waals surface area (Å²) in [4.78, 5) is 36.8. The Morgan fingerprint density at radius 2 is 1.63 bits per heavy atom. The van der Waals surface area contributed by atoms with Crippen molar-refractivity contribution in [3.05, 3.63) is 71.8 Å². The summed E-state index contributed by atoms with van der Waals surface area (Å²) in [5.41, 5.74) is 1.47. The molecule has 2 unspecified atom stereocenters. The van der Waals surface area contributed by atoms with Crippen LogP contribution in [0.4, 0.5) is 0 Å². The van der Waals surface area contributed by atoms with Gasteiger partial charge in [-0.2, -0.15) is 0 Å². The number of rotatable bonds is 11. The zero-order chi connectivity index (χ0) is 21.9. The molecule has 2 aromatic carbocycles. The van der Waals surface area contributed by atoms with Crippen molar-refractivity contribution >= 4 is 39.6 Å². The number of hydrogen-bond acceptors (Lipinski definition) is 5. The van der Waals surface area contributed by atoms with Gasteiger partial charge in [0.25, 0.3) is 0 Å². The Labute approximate surface area is 182 Å². The van der Waals surface area contributed by atoms with Crippen molar-refractivity contribution in [2.24, 2.45) is 5.92 Å². The Kier molecular flexibility index (Phi) is 9.76. The molecule has 0 bridgehead atoms. The summed E-state index contributed by atoms with van der Waals surface area (Å²) in [5, 5.41) is 11.8. The first-order valence-corrected chi connectivity index (χ1v) is 12.2. The van der Waals surface area contributed by atoms with Crippen LogP contribution < -0.4 is 5.32 Å². The molecule has 2 rings (SSSR count). The molecular formula is C22H25NO5S2. The molecule has 0 heterocycles. The molecule has 1 amide bonds. The van der Waals surface area contributed by atoms with Crippen molar-refractivity contribution in [1.29, 1.82) is 0 Å². The fraction of sp³-hybridized carbons (Fsp3) is 0.318. The normalized spacial score (nSPS) is 13.8. The topological polar surface area (TPSA) is 101 Å². The van der Waals surface area contributed by atoms with Gasteiger partial charge in [0, 0.05) is 34.1 Å². The van der Waals surface area contributed by atoms with E-state index in [9.17, 15) is 23.7 Å². The van der Waals surface area contributed by atoms with E-state index in [1.807, 2.05) is 36.4 Å². The van der Waals surface area contributed by atoms with E-state index in [1.165, 1.54) is 6.26 Å². The van der Waals surface area contributed by atoms with E-state index in [0.717, 1.165) is 17.3 Å². The molecule has 0 aliphatic carbocycles. The first-order valence-electron chi connectivity index (χ1n) is 9.46. The largest absolute Gasteiger partial charge is 0.480 e. The van der Waals surface area contributed by atoms with Crippen molar-refractivity contribution in [2.75, 3.05) is 17.8 Å². The lowest BCUT2D eigenvalue weighted by Gasteiger charge is -2.20. The van der Waals surface area contributed by atoms with Crippen LogP contribution in [0, 0.1) is 5.92 Å². The molecule has 30 heavy (non-hydrogen) atoms. The van der Waals surface area contributed by atoms with Crippen LogP contribution in [-0.4, -0.2) is 50.1 Å². The van der Waals surface area contributed by atoms with Crippen LogP contribution in [0.5, 0.6) is 0 Å². The maximum Gasteiger partial charge on any atom is 0.326 e. The van der Waals surface area contributed by atoms with Crippen molar-refractivity contribution in [1.82, 2.24) is 5.32 Å². The number of carbonyl (C=O) groups excluding carboxylic acids is 2. The van der Waals surface area contributed by atoms with Gasteiger partial charge in [-0.15, -0.1) is 0 Å². The number of nitrogens with one attached hydrogen (secondary N) is 1. The highest BCUT2D eigenvalue weighted by atomic mass is 32.2. The minimum Gasteiger partial charge on any atom is -0.480 e. The summed E-state index contributed by atoms with van der Waals surface area (Å²) in [6.07, 6.45) is 1.96. The molecule has 0 saturated heterocycles. The molecule has 0 radical (unpaired) electrons. The lowest BCUT2D eigenvalue weighted by Crippen LogP contribution is -2.45. The lowest BCUT2D eigenvalue weighted by molar-refractivity contribution is -0.142. The van der Waals surface area contributed by atoms with Crippen LogP contribution in [0.25, 0.3) is 0 Å². The number of amides is 1. The van der Waals surface area contributed by atoms with Crippen molar-refractivity contribution in [2.45, 2.75) is 18.9 Å². The predicted octanol–water partition coefficient (Wildman–Crippen LogP) is 2.76. The maximum atomic E-state index is 12.9. The van der Waals surface area contributed by atoms with Gasteiger partial charge >= 0.3 is 5.97 Å². The van der Waals surface area contributed by atoms with Crippen molar-refractivity contribution < 1.29 is 23.7 Å². The molecule has 0 aliphatic heterocycles. The van der Waals surface area contributed by atoms with Crippen LogP contribution >= 0.6 is 11.8 Å². The zero-order valence-electron chi connectivity index (χ0n) is 16.7. The Bertz CT molecular complexity index is 874. The number of carbonyl (C=O) groups is 3. The second-order valence-electron chi connectivity index (χ2n) is 6.82. The van der Waals surface area contributed by atoms with E-state index >= 15 is 0 Å². The van der Waals surface area contributed by atoms with E-state index in [1.54, 1.807) is 24.3 Å². The van der Waals surface area contributed by atoms with Gasteiger partial charge in [-0.25, -0.2) is 4.79 Å². The molecule has 2 N–H and O–H groups in total. The molecule has 2 aromatic rings. The summed E-state index contributed by atoms with van der Waals surface area (Å²) >= 11 is 1.04. The molecule has 0 aliphatic rings. The number of benzene rings is 2. The minimum atomic E-state index is -1.17. The van der Waals surface area contributed by atoms with Crippen LogP contribution in [0.15, 0.2) is 60.7 Å². The fourth-order valence-electron chi connectivity index (χ4n) is 2.79. The van der Waals surface area contributed by atoms with E-state index in [0.29, 0.717) is 12.0 Å². The van der Waals surface area contributed by atoms with Gasteiger partial charge in [0.15, 0.2) is 0 Å². The minimum absolute atomic E-state index is 0.0817. The van der Waals surface area contributed by atoms with Gasteiger partial charge in [0.2, 0.25) is 11.0 Å². The third-order valence-electron chi connectivity index (χ3n) is 4.43. The summed E-state index contributed by atoms with van der Waals surface area (Å²) in [6, 6.07) is 17.1. The number of carboxylic acids is 1. The summed E-state index contributed by atoms with van der Waals surface area (Å²) < 4.78 is 11.3. The Balaban J connectivity index is 2.09. The first kappa shape index (κ1) is 23.8. The number of aliphatic carboxylic acids is 1. The summed E-state index contributed by atoms with van der Waals surface area (Å²) in [7, 11) is -1.15. The SMILES string of the molecule is CS(=O)CC[C@H](NC(=O)C(CSC(=O)c1ccccc1)Cc1ccccc1)C(=O)O. The standard InChI is InChI=1S/C22H25NO5S2/c1-30(28)13-12-19(21(25)26)23-20(24)18(14-16-8-4-2-5-9-16)15-29-22(27)17-10-6-3-7-11-17/h2-11,18-19H,12-15H2,1H3,(H,23,24)(H,25,26)/t18?,19-,30?/m0/s1. The molecule has 0 aromatic heterocycles. The van der Waals surface area contributed by atoms with E-state index in [4.69, 9.17) is 0 Å². The van der Waals surface area contributed by atoms with E-state index in [-0.39, 0.29) is 23.0 Å². The number of thioether (sulfide) groups is 1. The highest BCUT2D eigenvalue weighted by Crippen LogP contribution is 2.19. The Hall–Kier alpha value is -2.45. The van der Waals surface area contributed by atoms with Crippen molar-refractivity contribution in [3.8, 4) is 0 Å². The molecule has 0 saturated carbocycles. The third-order valence-corrected chi connectivity index (χ3v) is 6.31. The number of hydrogen-bond donors (Lipinski definition) is 2. The molecule has 0 spiro atoms. The molecule has 0 fully saturated rings. The van der Waals surface area contributed by atoms with Crippen molar-refractivity contribution in [3.63, 3.8) is 0 Å². The predicted molar refractivity (Wildman–Crippen MR) is 120 cm³/mol. The number of carboxylic acid groups (broad SMARTS) is 1. The van der Waals surface area contributed by atoms with E-state index < -0.39 is 34.6 Å². The smallest absolute Gasteiger partial charge is 0.326 e. The zero-order valence-corrected chi connectivity index (χ0v) is 18.3. The van der Waals surface area contributed by atoms with Crippen LogP contribution in [0.3, 0.4) is 0 Å². The molecule has 160 valence electrons. The van der Waals surface area contributed by atoms with Gasteiger partial charge in [-0.3, -0.25) is 13.8 Å². The van der Waals surface area contributed by atoms with Gasteiger partial charge in [0.1, 0.15) is 6.04 Å².